The standard InChI is InChI=1S/C30H25N7O3S/c1-17(33-28(39)25-18(2)35-36-14-8-13-31-27(25)36)23-15-20-9-7-12-22(24-16-32-30(41-24)34-19(3)38)26(20)29(40)37(23)21-10-5-4-6-11-21/h4-17H,1-3H3,(H,33,39)(H,32,34,38)/t17-/m0/s1. The summed E-state index contributed by atoms with van der Waals surface area (Å²) in [5.74, 6) is -0.550. The fourth-order valence-electron chi connectivity index (χ4n) is 4.96. The molecule has 6 rings (SSSR count). The molecule has 0 unspecified atom stereocenters. The minimum Gasteiger partial charge on any atom is -0.344 e. The maximum absolute atomic E-state index is 14.3. The number of aromatic nitrogens is 5. The minimum absolute atomic E-state index is 0.217. The molecule has 0 saturated carbocycles. The summed E-state index contributed by atoms with van der Waals surface area (Å²) in [6.07, 6.45) is 5.01. The SMILES string of the molecule is CC(=O)Nc1ncc(-c2cccc3cc([C@H](C)NC(=O)c4c(C)nn5cccnc45)n(-c4ccccc4)c(=O)c23)s1. The van der Waals surface area contributed by atoms with Crippen LogP contribution in [0.4, 0.5) is 5.13 Å². The Hall–Kier alpha value is -5.16. The van der Waals surface area contributed by atoms with Crippen LogP contribution in [-0.2, 0) is 4.79 Å². The molecule has 2 amide bonds. The Bertz CT molecular complexity index is 2010. The van der Waals surface area contributed by atoms with E-state index < -0.39 is 6.04 Å². The molecule has 6 aromatic rings. The number of fused-ring (bicyclic) bond motifs is 2. The van der Waals surface area contributed by atoms with Crippen molar-refractivity contribution in [2.75, 3.05) is 5.32 Å². The fourth-order valence-corrected chi connectivity index (χ4v) is 5.86. The zero-order chi connectivity index (χ0) is 28.7. The van der Waals surface area contributed by atoms with Crippen molar-refractivity contribution in [1.82, 2.24) is 29.5 Å². The molecule has 11 heteroatoms. The fraction of sp³-hybridized carbons (Fsp3) is 0.133. The van der Waals surface area contributed by atoms with E-state index in [4.69, 9.17) is 0 Å². The van der Waals surface area contributed by atoms with Crippen molar-refractivity contribution < 1.29 is 9.59 Å². The summed E-state index contributed by atoms with van der Waals surface area (Å²) in [5.41, 5.74) is 3.16. The molecular formula is C30H25N7O3S. The van der Waals surface area contributed by atoms with E-state index in [0.717, 1.165) is 10.3 Å². The predicted octanol–water partition coefficient (Wildman–Crippen LogP) is 4.91. The van der Waals surface area contributed by atoms with Crippen LogP contribution < -0.4 is 16.2 Å². The van der Waals surface area contributed by atoms with E-state index in [1.807, 2.05) is 61.5 Å². The number of benzene rings is 2. The number of aryl methyl sites for hydroxylation is 1. The van der Waals surface area contributed by atoms with Crippen molar-refractivity contribution in [3.8, 4) is 16.1 Å². The van der Waals surface area contributed by atoms with E-state index in [9.17, 15) is 14.4 Å². The van der Waals surface area contributed by atoms with E-state index in [-0.39, 0.29) is 17.4 Å². The van der Waals surface area contributed by atoms with Crippen LogP contribution in [0.25, 0.3) is 32.5 Å². The van der Waals surface area contributed by atoms with Crippen molar-refractivity contribution in [3.05, 3.63) is 107 Å². The molecule has 10 nitrogen and oxygen atoms in total. The van der Waals surface area contributed by atoms with Gasteiger partial charge in [0.1, 0.15) is 5.56 Å². The molecule has 2 aromatic carbocycles. The zero-order valence-corrected chi connectivity index (χ0v) is 23.3. The number of amides is 2. The van der Waals surface area contributed by atoms with Crippen molar-refractivity contribution >= 4 is 44.7 Å². The Balaban J connectivity index is 1.48. The van der Waals surface area contributed by atoms with Crippen LogP contribution in [0.2, 0.25) is 0 Å². The summed E-state index contributed by atoms with van der Waals surface area (Å²) in [6, 6.07) is 18.1. The Labute approximate surface area is 238 Å². The lowest BCUT2D eigenvalue weighted by Gasteiger charge is -2.21. The van der Waals surface area contributed by atoms with E-state index in [1.165, 1.54) is 18.3 Å². The molecule has 0 aliphatic rings. The van der Waals surface area contributed by atoms with Gasteiger partial charge in [0.15, 0.2) is 10.8 Å². The highest BCUT2D eigenvalue weighted by atomic mass is 32.1. The summed E-state index contributed by atoms with van der Waals surface area (Å²) in [5, 5.41) is 11.9. The quantitative estimate of drug-likeness (QED) is 0.297. The molecular weight excluding hydrogens is 538 g/mol. The second kappa shape index (κ2) is 10.4. The number of anilines is 1. The lowest BCUT2D eigenvalue weighted by atomic mass is 10.0. The smallest absolute Gasteiger partial charge is 0.263 e. The van der Waals surface area contributed by atoms with E-state index in [2.05, 4.69) is 25.7 Å². The van der Waals surface area contributed by atoms with Gasteiger partial charge in [0.05, 0.1) is 22.0 Å². The molecule has 4 aromatic heterocycles. The molecule has 0 saturated heterocycles. The van der Waals surface area contributed by atoms with E-state index >= 15 is 0 Å². The first-order valence-corrected chi connectivity index (χ1v) is 13.7. The highest BCUT2D eigenvalue weighted by Crippen LogP contribution is 2.34. The van der Waals surface area contributed by atoms with Crippen LogP contribution in [0.3, 0.4) is 0 Å². The molecule has 0 fully saturated rings. The van der Waals surface area contributed by atoms with Gasteiger partial charge in [0, 0.05) is 42.5 Å². The Morgan fingerprint density at radius 1 is 1.02 bits per heavy atom. The number of hydrogen-bond acceptors (Lipinski definition) is 7. The first-order valence-electron chi connectivity index (χ1n) is 12.9. The van der Waals surface area contributed by atoms with Gasteiger partial charge in [-0.15, -0.1) is 0 Å². The van der Waals surface area contributed by atoms with Gasteiger partial charge in [-0.2, -0.15) is 5.10 Å². The largest absolute Gasteiger partial charge is 0.344 e. The van der Waals surface area contributed by atoms with Crippen LogP contribution in [0.5, 0.6) is 0 Å². The van der Waals surface area contributed by atoms with Crippen molar-refractivity contribution in [2.24, 2.45) is 0 Å². The number of carbonyl (C=O) groups is 2. The predicted molar refractivity (Wildman–Crippen MR) is 159 cm³/mol. The van der Waals surface area contributed by atoms with Crippen LogP contribution in [0, 0.1) is 6.92 Å². The summed E-state index contributed by atoms with van der Waals surface area (Å²) < 4.78 is 3.21. The Morgan fingerprint density at radius 2 is 1.83 bits per heavy atom. The number of rotatable bonds is 6. The third-order valence-electron chi connectivity index (χ3n) is 6.73. The van der Waals surface area contributed by atoms with Crippen LogP contribution in [0.1, 0.15) is 41.6 Å². The topological polar surface area (TPSA) is 123 Å². The number of nitrogens with one attached hydrogen (secondary N) is 2. The maximum atomic E-state index is 14.3. The molecule has 0 aliphatic carbocycles. The van der Waals surface area contributed by atoms with Gasteiger partial charge in [0.2, 0.25) is 5.91 Å². The van der Waals surface area contributed by atoms with E-state index in [1.54, 1.807) is 40.7 Å². The Kier molecular flexibility index (Phi) is 6.64. The second-order valence-corrected chi connectivity index (χ2v) is 10.6. The van der Waals surface area contributed by atoms with Crippen LogP contribution >= 0.6 is 11.3 Å². The molecule has 0 radical (unpaired) electrons. The number of para-hydroxylation sites is 1. The average Bonchev–Trinajstić information content (AvgIpc) is 3.55. The highest BCUT2D eigenvalue weighted by Gasteiger charge is 2.24. The van der Waals surface area contributed by atoms with Gasteiger partial charge in [-0.3, -0.25) is 19.0 Å². The van der Waals surface area contributed by atoms with Crippen LogP contribution in [0.15, 0.2) is 84.0 Å². The maximum Gasteiger partial charge on any atom is 0.263 e. The normalized spacial score (nSPS) is 12.0. The van der Waals surface area contributed by atoms with Crippen molar-refractivity contribution in [2.45, 2.75) is 26.8 Å². The zero-order valence-electron chi connectivity index (χ0n) is 22.5. The molecule has 0 bridgehead atoms. The lowest BCUT2D eigenvalue weighted by Crippen LogP contribution is -2.32. The third kappa shape index (κ3) is 4.76. The van der Waals surface area contributed by atoms with Gasteiger partial charge in [-0.05, 0) is 43.5 Å². The number of nitrogens with zero attached hydrogens (tertiary/aromatic N) is 5. The van der Waals surface area contributed by atoms with E-state index in [0.29, 0.717) is 44.4 Å². The monoisotopic (exact) mass is 563 g/mol. The molecule has 0 spiro atoms. The minimum atomic E-state index is -0.545. The number of pyridine rings is 1. The molecule has 1 atom stereocenters. The number of hydrogen-bond donors (Lipinski definition) is 2. The first kappa shape index (κ1) is 26.1. The number of carbonyl (C=O) groups excluding carboxylic acids is 2. The third-order valence-corrected chi connectivity index (χ3v) is 7.68. The van der Waals surface area contributed by atoms with Gasteiger partial charge < -0.3 is 10.6 Å². The summed E-state index contributed by atoms with van der Waals surface area (Å²) in [4.78, 5) is 48.7. The van der Waals surface area contributed by atoms with Crippen molar-refractivity contribution in [1.29, 1.82) is 0 Å². The van der Waals surface area contributed by atoms with Gasteiger partial charge in [-0.25, -0.2) is 14.5 Å². The summed E-state index contributed by atoms with van der Waals surface area (Å²) in [6.45, 7) is 5.04. The summed E-state index contributed by atoms with van der Waals surface area (Å²) >= 11 is 1.30. The van der Waals surface area contributed by atoms with Gasteiger partial charge in [-0.1, -0.05) is 47.7 Å². The second-order valence-electron chi connectivity index (χ2n) is 9.57. The van der Waals surface area contributed by atoms with Gasteiger partial charge >= 0.3 is 0 Å². The Morgan fingerprint density at radius 3 is 2.61 bits per heavy atom. The highest BCUT2D eigenvalue weighted by molar-refractivity contribution is 7.19. The van der Waals surface area contributed by atoms with Crippen LogP contribution in [-0.4, -0.2) is 36.0 Å². The number of thiazole rings is 1. The summed E-state index contributed by atoms with van der Waals surface area (Å²) in [7, 11) is 0. The molecule has 204 valence electrons. The molecule has 0 aliphatic heterocycles. The van der Waals surface area contributed by atoms with Gasteiger partial charge in [0.25, 0.3) is 11.5 Å². The first-order chi connectivity index (χ1) is 19.8. The molecule has 4 heterocycles. The lowest BCUT2D eigenvalue weighted by molar-refractivity contribution is -0.114. The molecule has 2 N–H and O–H groups in total. The van der Waals surface area contributed by atoms with Crippen molar-refractivity contribution in [3.63, 3.8) is 0 Å². The molecule has 41 heavy (non-hydrogen) atoms. The average molecular weight is 564 g/mol.